The maximum atomic E-state index is 14.1. The van der Waals surface area contributed by atoms with Crippen molar-refractivity contribution in [3.63, 3.8) is 0 Å². The number of carbonyl (C=O) groups excluding carboxylic acids is 2. The number of ether oxygens (including phenoxy) is 7. The van der Waals surface area contributed by atoms with Crippen LogP contribution in [-0.2, 0) is 62.6 Å². The Labute approximate surface area is 588 Å². The molecular formula is C86H76N6O9. The molecule has 0 unspecified atom stereocenters. The van der Waals surface area contributed by atoms with Crippen LogP contribution in [-0.4, -0.2) is 97.8 Å². The molecule has 1 aliphatic heterocycles. The number of hydrogen-bond donors (Lipinski definition) is 2. The minimum Gasteiger partial charge on any atom is -0.491 e. The summed E-state index contributed by atoms with van der Waals surface area (Å²) in [5, 5.41) is 6.26. The number of pyridine rings is 4. The van der Waals surface area contributed by atoms with E-state index in [1.165, 1.54) is 0 Å². The van der Waals surface area contributed by atoms with Gasteiger partial charge in [0.05, 0.1) is 73.8 Å². The first kappa shape index (κ1) is 66.6. The second-order valence-electron chi connectivity index (χ2n) is 24.8. The van der Waals surface area contributed by atoms with Gasteiger partial charge in [-0.1, -0.05) is 194 Å². The van der Waals surface area contributed by atoms with E-state index in [1.807, 2.05) is 121 Å². The number of benzene rings is 8. The van der Waals surface area contributed by atoms with Gasteiger partial charge in [0.1, 0.15) is 36.2 Å². The highest BCUT2D eigenvalue weighted by atomic mass is 16.6. The molecule has 2 amide bonds. The molecule has 0 atom stereocenters. The average molecular weight is 1340 g/mol. The van der Waals surface area contributed by atoms with Crippen LogP contribution in [0.25, 0.3) is 67.5 Å². The normalized spacial score (nSPS) is 13.3. The molecule has 15 nitrogen and oxygen atoms in total. The molecule has 4 aromatic heterocycles. The van der Waals surface area contributed by atoms with E-state index in [2.05, 4.69) is 142 Å². The van der Waals surface area contributed by atoms with E-state index in [0.717, 1.165) is 123 Å². The standard InChI is InChI=1S/C86H76N6O9/c93-81(89-55-59-29-33-61(34-30-59)73-51-77(63-15-3-1-4-16-63)91-79(53-73)75-27-7-9-37-87-75)57-100-85-69-23-13-24-70(85)48-66-20-12-22-68-50-72-26-14-25-71(49-67-21-11-19-65(47-69)83(67)98-45-43-96-41-39-95-40-42-97-44-46-99-84(66)68)86(72)101-58-82(94)90-56-60-31-35-62(36-32-60)74-52-78(64-17-5-2-6-18-64)92-80(54-74)76-28-8-10-38-88-76/h1-38,51-54H,39-50,55-58H2,(H,89,93)(H,90,94). The minimum absolute atomic E-state index is 0.232. The molecule has 10 bridgehead atoms. The second-order valence-corrected chi connectivity index (χ2v) is 24.8. The quantitative estimate of drug-likeness (QED) is 0.0936. The van der Waals surface area contributed by atoms with E-state index >= 15 is 0 Å². The molecule has 0 saturated carbocycles. The Morgan fingerprint density at radius 3 is 1.01 bits per heavy atom. The van der Waals surface area contributed by atoms with Gasteiger partial charge in [-0.2, -0.15) is 0 Å². The lowest BCUT2D eigenvalue weighted by atomic mass is 9.91. The van der Waals surface area contributed by atoms with E-state index in [1.54, 1.807) is 12.4 Å². The van der Waals surface area contributed by atoms with Crippen molar-refractivity contribution in [3.05, 3.63) is 311 Å². The van der Waals surface area contributed by atoms with E-state index in [0.29, 0.717) is 101 Å². The number of para-hydroxylation sites is 4. The first-order valence-corrected chi connectivity index (χ1v) is 34.2. The van der Waals surface area contributed by atoms with Crippen LogP contribution in [0.15, 0.2) is 255 Å². The maximum Gasteiger partial charge on any atom is 0.258 e. The van der Waals surface area contributed by atoms with Gasteiger partial charge in [-0.3, -0.25) is 19.6 Å². The first-order valence-electron chi connectivity index (χ1n) is 34.2. The van der Waals surface area contributed by atoms with Gasteiger partial charge in [0.2, 0.25) is 0 Å². The zero-order valence-corrected chi connectivity index (χ0v) is 56.0. The fourth-order valence-corrected chi connectivity index (χ4v) is 12.8. The van der Waals surface area contributed by atoms with Crippen molar-refractivity contribution in [2.24, 2.45) is 0 Å². The molecule has 101 heavy (non-hydrogen) atoms. The van der Waals surface area contributed by atoms with Crippen LogP contribution in [0.3, 0.4) is 0 Å². The maximum absolute atomic E-state index is 14.1. The van der Waals surface area contributed by atoms with Crippen molar-refractivity contribution in [2.45, 2.75) is 38.8 Å². The van der Waals surface area contributed by atoms with Crippen molar-refractivity contribution in [3.8, 4) is 90.5 Å². The van der Waals surface area contributed by atoms with Crippen LogP contribution in [0.2, 0.25) is 0 Å². The third kappa shape index (κ3) is 17.1. The summed E-state index contributed by atoms with van der Waals surface area (Å²) >= 11 is 0. The largest absolute Gasteiger partial charge is 0.491 e. The predicted octanol–water partition coefficient (Wildman–Crippen LogP) is 15.2. The number of aromatic nitrogens is 4. The number of carbonyl (C=O) groups is 2. The highest BCUT2D eigenvalue weighted by Gasteiger charge is 2.24. The Morgan fingerprint density at radius 1 is 0.317 bits per heavy atom. The van der Waals surface area contributed by atoms with Gasteiger partial charge in [0.15, 0.2) is 13.2 Å². The Kier molecular flexibility index (Phi) is 21.6. The molecule has 1 aliphatic carbocycles. The monoisotopic (exact) mass is 1340 g/mol. The molecule has 0 spiro atoms. The van der Waals surface area contributed by atoms with E-state index < -0.39 is 0 Å². The predicted molar refractivity (Wildman–Crippen MR) is 392 cm³/mol. The number of amides is 2. The molecular weight excluding hydrogens is 1260 g/mol. The highest BCUT2D eigenvalue weighted by Crippen LogP contribution is 2.40. The zero-order chi connectivity index (χ0) is 68.4. The lowest BCUT2D eigenvalue weighted by Crippen LogP contribution is -2.28. The molecule has 0 saturated heterocycles. The number of hydrogen-bond acceptors (Lipinski definition) is 13. The third-order valence-electron chi connectivity index (χ3n) is 17.8. The minimum atomic E-state index is -0.271. The molecule has 14 rings (SSSR count). The molecule has 12 aromatic rings. The van der Waals surface area contributed by atoms with Gasteiger partial charge in [0, 0.05) is 62.3 Å². The van der Waals surface area contributed by atoms with Crippen LogP contribution in [0.5, 0.6) is 23.0 Å². The Bertz CT molecular complexity index is 4290. The van der Waals surface area contributed by atoms with Crippen molar-refractivity contribution in [2.75, 3.05) is 66.1 Å². The molecule has 2 aliphatic rings. The number of rotatable bonds is 16. The van der Waals surface area contributed by atoms with Gasteiger partial charge < -0.3 is 43.8 Å². The Balaban J connectivity index is 0.719. The van der Waals surface area contributed by atoms with E-state index in [-0.39, 0.29) is 38.2 Å². The molecule has 2 N–H and O–H groups in total. The van der Waals surface area contributed by atoms with Gasteiger partial charge in [-0.05, 0) is 126 Å². The molecule has 504 valence electrons. The van der Waals surface area contributed by atoms with Crippen molar-refractivity contribution in [1.29, 1.82) is 0 Å². The van der Waals surface area contributed by atoms with Gasteiger partial charge in [-0.25, -0.2) is 9.97 Å². The summed E-state index contributed by atoms with van der Waals surface area (Å²) in [6.45, 7) is 2.87. The van der Waals surface area contributed by atoms with E-state index in [4.69, 9.17) is 43.1 Å². The van der Waals surface area contributed by atoms with Gasteiger partial charge in [-0.15, -0.1) is 0 Å². The van der Waals surface area contributed by atoms with Crippen molar-refractivity contribution < 1.29 is 42.7 Å². The topological polar surface area (TPSA) is 174 Å². The van der Waals surface area contributed by atoms with E-state index in [9.17, 15) is 9.59 Å². The van der Waals surface area contributed by atoms with Crippen LogP contribution in [0.1, 0.15) is 55.6 Å². The van der Waals surface area contributed by atoms with Crippen LogP contribution < -0.4 is 29.6 Å². The van der Waals surface area contributed by atoms with Crippen LogP contribution >= 0.6 is 0 Å². The summed E-state index contributed by atoms with van der Waals surface area (Å²) in [6.07, 6.45) is 5.17. The summed E-state index contributed by atoms with van der Waals surface area (Å²) < 4.78 is 45.2. The number of nitrogens with one attached hydrogen (secondary N) is 2. The molecule has 0 radical (unpaired) electrons. The number of fused-ring (bicyclic) bond motifs is 2. The second kappa shape index (κ2) is 32.8. The number of nitrogens with zero attached hydrogens (tertiary/aromatic N) is 4. The summed E-state index contributed by atoms with van der Waals surface area (Å²) in [6, 6.07) is 81.4. The van der Waals surface area contributed by atoms with Crippen molar-refractivity contribution >= 4 is 11.8 Å². The van der Waals surface area contributed by atoms with Crippen molar-refractivity contribution in [1.82, 2.24) is 30.6 Å². The fourth-order valence-electron chi connectivity index (χ4n) is 12.8. The summed E-state index contributed by atoms with van der Waals surface area (Å²) in [5.74, 6) is 2.06. The average Bonchev–Trinajstić information content (AvgIpc) is 0.800. The summed E-state index contributed by atoms with van der Waals surface area (Å²) in [5.41, 5.74) is 19.9. The fraction of sp³-hybridized carbons (Fsp3) is 0.186. The SMILES string of the molecule is O=C(COc1c2cccc1Cc1cccc3c1OCCOCCOCCOCCOc1c(cccc1Cc1cccc(c1OCC(=O)NCc1ccc(-c4cc(-c5ccccc5)nc(-c5ccccn5)c4)cc1)C3)C2)NCc1ccc(-c2cc(-c3ccccc3)nc(-c3ccccn3)c2)cc1. The van der Waals surface area contributed by atoms with Crippen LogP contribution in [0, 0.1) is 0 Å². The summed E-state index contributed by atoms with van der Waals surface area (Å²) in [4.78, 5) is 47.4. The Morgan fingerprint density at radius 2 is 0.653 bits per heavy atom. The van der Waals surface area contributed by atoms with Gasteiger partial charge in [0.25, 0.3) is 11.8 Å². The zero-order valence-electron chi connectivity index (χ0n) is 56.0. The van der Waals surface area contributed by atoms with Gasteiger partial charge >= 0.3 is 0 Å². The molecule has 15 heteroatoms. The third-order valence-corrected chi connectivity index (χ3v) is 17.8. The smallest absolute Gasteiger partial charge is 0.258 e. The lowest BCUT2D eigenvalue weighted by Gasteiger charge is -2.23. The molecule has 5 heterocycles. The van der Waals surface area contributed by atoms with Crippen LogP contribution in [0.4, 0.5) is 0 Å². The first-order chi connectivity index (χ1) is 49.9. The summed E-state index contributed by atoms with van der Waals surface area (Å²) in [7, 11) is 0. The Hall–Kier alpha value is -11.6. The highest BCUT2D eigenvalue weighted by molar-refractivity contribution is 5.80. The molecule has 8 aromatic carbocycles. The lowest BCUT2D eigenvalue weighted by molar-refractivity contribution is -0.124. The molecule has 0 fully saturated rings.